The summed E-state index contributed by atoms with van der Waals surface area (Å²) in [6, 6.07) is 5.56. The number of hydrogen-bond acceptors (Lipinski definition) is 6. The van der Waals surface area contributed by atoms with Crippen molar-refractivity contribution in [3.8, 4) is 0 Å². The van der Waals surface area contributed by atoms with Crippen LogP contribution < -0.4 is 10.6 Å². The van der Waals surface area contributed by atoms with E-state index in [4.69, 9.17) is 4.52 Å². The van der Waals surface area contributed by atoms with E-state index in [0.717, 1.165) is 49.4 Å². The van der Waals surface area contributed by atoms with Crippen LogP contribution in [0.25, 0.3) is 10.9 Å². The molecule has 0 aliphatic heterocycles. The molecule has 3 aromatic rings. The molecular formula is C21H26N6O3. The van der Waals surface area contributed by atoms with Crippen molar-refractivity contribution in [2.45, 2.75) is 63.8 Å². The third kappa shape index (κ3) is 4.50. The van der Waals surface area contributed by atoms with Crippen LogP contribution in [0.2, 0.25) is 0 Å². The van der Waals surface area contributed by atoms with Crippen LogP contribution >= 0.6 is 0 Å². The number of carbonyl (C=O) groups is 2. The number of fused-ring (bicyclic) bond motifs is 1. The van der Waals surface area contributed by atoms with Gasteiger partial charge in [-0.05, 0) is 31.0 Å². The van der Waals surface area contributed by atoms with Gasteiger partial charge in [-0.15, -0.1) is 0 Å². The molecule has 0 radical (unpaired) electrons. The third-order valence-corrected chi connectivity index (χ3v) is 5.56. The zero-order chi connectivity index (χ0) is 21.0. The summed E-state index contributed by atoms with van der Waals surface area (Å²) in [4.78, 5) is 28.7. The molecule has 1 aliphatic carbocycles. The van der Waals surface area contributed by atoms with Crippen LogP contribution in [-0.4, -0.2) is 32.2 Å². The van der Waals surface area contributed by atoms with Gasteiger partial charge < -0.3 is 15.2 Å². The van der Waals surface area contributed by atoms with Crippen LogP contribution in [0.5, 0.6) is 0 Å². The second-order valence-corrected chi connectivity index (χ2v) is 7.91. The first-order chi connectivity index (χ1) is 14.5. The normalized spacial score (nSPS) is 16.2. The summed E-state index contributed by atoms with van der Waals surface area (Å²) >= 11 is 0. The average molecular weight is 410 g/mol. The number of H-pyrrole nitrogens is 1. The Balaban J connectivity index is 1.39. The van der Waals surface area contributed by atoms with Gasteiger partial charge in [0.15, 0.2) is 5.82 Å². The summed E-state index contributed by atoms with van der Waals surface area (Å²) in [5, 5.41) is 17.9. The van der Waals surface area contributed by atoms with E-state index in [1.54, 1.807) is 6.20 Å². The number of nitrogens with zero attached hydrogens (tertiary/aromatic N) is 3. The van der Waals surface area contributed by atoms with Crippen molar-refractivity contribution in [2.75, 3.05) is 5.32 Å². The molecule has 1 aromatic carbocycles. The molecule has 4 rings (SSSR count). The molecule has 1 saturated carbocycles. The molecule has 2 heterocycles. The predicted molar refractivity (Wildman–Crippen MR) is 111 cm³/mol. The first kappa shape index (κ1) is 20.1. The Labute approximate surface area is 174 Å². The molecule has 2 amide bonds. The summed E-state index contributed by atoms with van der Waals surface area (Å²) in [6.07, 6.45) is 8.14. The van der Waals surface area contributed by atoms with Gasteiger partial charge in [0.25, 0.3) is 0 Å². The number of carbonyl (C=O) groups excluding carboxylic acids is 2. The molecule has 1 fully saturated rings. The Bertz CT molecular complexity index is 1030. The van der Waals surface area contributed by atoms with E-state index in [1.807, 2.05) is 18.2 Å². The van der Waals surface area contributed by atoms with Crippen LogP contribution in [0.15, 0.2) is 28.9 Å². The largest absolute Gasteiger partial charge is 0.343 e. The highest BCUT2D eigenvalue weighted by Gasteiger charge is 2.38. The van der Waals surface area contributed by atoms with Gasteiger partial charge in [0.2, 0.25) is 17.7 Å². The van der Waals surface area contributed by atoms with Crippen molar-refractivity contribution in [3.05, 3.63) is 36.1 Å². The van der Waals surface area contributed by atoms with E-state index in [-0.39, 0.29) is 18.2 Å². The van der Waals surface area contributed by atoms with Gasteiger partial charge in [-0.1, -0.05) is 30.8 Å². The average Bonchev–Trinajstić information content (AvgIpc) is 3.32. The smallest absolute Gasteiger partial charge is 0.227 e. The lowest BCUT2D eigenvalue weighted by Crippen LogP contribution is -2.45. The highest BCUT2D eigenvalue weighted by atomic mass is 16.5. The molecule has 158 valence electrons. The number of amides is 2. The minimum absolute atomic E-state index is 0.0998. The number of aromatic nitrogens is 4. The summed E-state index contributed by atoms with van der Waals surface area (Å²) < 4.78 is 5.41. The maximum Gasteiger partial charge on any atom is 0.227 e. The van der Waals surface area contributed by atoms with Gasteiger partial charge in [0.05, 0.1) is 11.7 Å². The van der Waals surface area contributed by atoms with Crippen molar-refractivity contribution >= 4 is 28.4 Å². The van der Waals surface area contributed by atoms with Gasteiger partial charge in [0, 0.05) is 30.8 Å². The molecule has 1 aliphatic rings. The number of aromatic amines is 1. The topological polar surface area (TPSA) is 126 Å². The molecule has 9 nitrogen and oxygen atoms in total. The maximum absolute atomic E-state index is 12.3. The van der Waals surface area contributed by atoms with Crippen molar-refractivity contribution < 1.29 is 14.1 Å². The van der Waals surface area contributed by atoms with Gasteiger partial charge in [-0.3, -0.25) is 14.7 Å². The highest BCUT2D eigenvalue weighted by Crippen LogP contribution is 2.34. The number of aryl methyl sites for hydroxylation is 1. The predicted octanol–water partition coefficient (Wildman–Crippen LogP) is 3.20. The fraction of sp³-hybridized carbons (Fsp3) is 0.476. The van der Waals surface area contributed by atoms with E-state index < -0.39 is 5.54 Å². The molecule has 0 saturated heterocycles. The number of nitrogens with one attached hydrogen (secondary N) is 3. The van der Waals surface area contributed by atoms with Gasteiger partial charge in [-0.2, -0.15) is 10.1 Å². The Kier molecular flexibility index (Phi) is 5.78. The Hall–Kier alpha value is -3.23. The minimum Gasteiger partial charge on any atom is -0.343 e. The zero-order valence-corrected chi connectivity index (χ0v) is 17.0. The SMILES string of the molecule is CC(=O)NC1(c2noc(CCC(=O)Nc3ccc4[nH]ncc4c3)n2)CCCCCC1. The number of hydrogen-bond donors (Lipinski definition) is 3. The first-order valence-corrected chi connectivity index (χ1v) is 10.4. The van der Waals surface area contributed by atoms with Crippen LogP contribution in [0.4, 0.5) is 5.69 Å². The lowest BCUT2D eigenvalue weighted by molar-refractivity contribution is -0.121. The van der Waals surface area contributed by atoms with Crippen molar-refractivity contribution in [1.29, 1.82) is 0 Å². The lowest BCUT2D eigenvalue weighted by atomic mass is 9.89. The number of anilines is 1. The molecule has 0 spiro atoms. The Morgan fingerprint density at radius 3 is 2.77 bits per heavy atom. The third-order valence-electron chi connectivity index (χ3n) is 5.56. The molecule has 2 aromatic heterocycles. The van der Waals surface area contributed by atoms with E-state index in [1.165, 1.54) is 6.92 Å². The van der Waals surface area contributed by atoms with E-state index >= 15 is 0 Å². The van der Waals surface area contributed by atoms with Crippen LogP contribution in [0, 0.1) is 0 Å². The zero-order valence-electron chi connectivity index (χ0n) is 17.0. The second-order valence-electron chi connectivity index (χ2n) is 7.91. The maximum atomic E-state index is 12.3. The summed E-state index contributed by atoms with van der Waals surface area (Å²) in [5.74, 6) is 0.681. The number of benzene rings is 1. The van der Waals surface area contributed by atoms with Crippen molar-refractivity contribution in [3.63, 3.8) is 0 Å². The molecule has 3 N–H and O–H groups in total. The minimum atomic E-state index is -0.577. The van der Waals surface area contributed by atoms with Crippen molar-refractivity contribution in [2.24, 2.45) is 0 Å². The quantitative estimate of drug-likeness (QED) is 0.536. The molecular weight excluding hydrogens is 384 g/mol. The molecule has 0 atom stereocenters. The van der Waals surface area contributed by atoms with Gasteiger partial charge >= 0.3 is 0 Å². The second kappa shape index (κ2) is 8.64. The van der Waals surface area contributed by atoms with E-state index in [0.29, 0.717) is 23.8 Å². The highest BCUT2D eigenvalue weighted by molar-refractivity contribution is 5.93. The monoisotopic (exact) mass is 410 g/mol. The fourth-order valence-electron chi connectivity index (χ4n) is 4.09. The van der Waals surface area contributed by atoms with E-state index in [2.05, 4.69) is 31.0 Å². The molecule has 0 unspecified atom stereocenters. The standard InChI is InChI=1S/C21H26N6O3/c1-14(28)25-21(10-4-2-3-5-11-21)20-24-19(30-27-20)9-8-18(29)23-16-6-7-17-15(12-16)13-22-26-17/h6-7,12-13H,2-5,8-11H2,1H3,(H,22,26)(H,23,29)(H,25,28). The molecule has 9 heteroatoms. The van der Waals surface area contributed by atoms with Gasteiger partial charge in [0.1, 0.15) is 5.54 Å². The van der Waals surface area contributed by atoms with Crippen molar-refractivity contribution in [1.82, 2.24) is 25.7 Å². The molecule has 0 bridgehead atoms. The van der Waals surface area contributed by atoms with E-state index in [9.17, 15) is 9.59 Å². The first-order valence-electron chi connectivity index (χ1n) is 10.4. The fourth-order valence-corrected chi connectivity index (χ4v) is 4.09. The lowest BCUT2D eigenvalue weighted by Gasteiger charge is -2.30. The van der Waals surface area contributed by atoms with Gasteiger partial charge in [-0.25, -0.2) is 0 Å². The van der Waals surface area contributed by atoms with Crippen LogP contribution in [-0.2, 0) is 21.5 Å². The summed E-state index contributed by atoms with van der Waals surface area (Å²) in [5.41, 5.74) is 1.05. The van der Waals surface area contributed by atoms with Crippen LogP contribution in [0.1, 0.15) is 63.6 Å². The number of rotatable bonds is 6. The molecule has 30 heavy (non-hydrogen) atoms. The van der Waals surface area contributed by atoms with Crippen LogP contribution in [0.3, 0.4) is 0 Å². The summed E-state index contributed by atoms with van der Waals surface area (Å²) in [7, 11) is 0. The summed E-state index contributed by atoms with van der Waals surface area (Å²) in [6.45, 7) is 1.51. The Morgan fingerprint density at radius 1 is 1.20 bits per heavy atom. The Morgan fingerprint density at radius 2 is 2.00 bits per heavy atom.